The molecule has 0 amide bonds. The number of methoxy groups -OCH3 is 1. The molecule has 6 nitrogen and oxygen atoms in total. The standard InChI is InChI=1S/C15H11F5N4O2S.C2H6/c1-25-15-23-8-10(9-24-15)13-14(22-7-6-21-13)26-11-2-4-12(5-3-11)27(16,17,18,19)20;1-2/h2-9H,1H3;1-2H3. The fraction of sp³-hybridized carbons (Fsp3) is 0.176. The lowest BCUT2D eigenvalue weighted by molar-refractivity contribution is 0.363. The molecule has 3 rings (SSSR count). The van der Waals surface area contributed by atoms with Gasteiger partial charge < -0.3 is 9.47 Å². The molecule has 0 bridgehead atoms. The van der Waals surface area contributed by atoms with Crippen molar-refractivity contribution in [1.82, 2.24) is 19.9 Å². The molecule has 0 atom stereocenters. The Morgan fingerprint density at radius 1 is 0.793 bits per heavy atom. The molecule has 2 aromatic heterocycles. The summed E-state index contributed by atoms with van der Waals surface area (Å²) in [6.07, 6.45) is 5.44. The number of hydrogen-bond donors (Lipinski definition) is 0. The highest BCUT2D eigenvalue weighted by Gasteiger charge is 2.65. The third kappa shape index (κ3) is 5.73. The van der Waals surface area contributed by atoms with Gasteiger partial charge in [-0.25, -0.2) is 19.9 Å². The molecule has 0 radical (unpaired) electrons. The lowest BCUT2D eigenvalue weighted by Crippen LogP contribution is -2.05. The molecule has 29 heavy (non-hydrogen) atoms. The van der Waals surface area contributed by atoms with E-state index in [9.17, 15) is 19.4 Å². The predicted molar refractivity (Wildman–Crippen MR) is 98.9 cm³/mol. The largest absolute Gasteiger partial charge is 0.467 e. The summed E-state index contributed by atoms with van der Waals surface area (Å²) in [5, 5.41) is 0. The van der Waals surface area contributed by atoms with E-state index in [1.165, 1.54) is 31.9 Å². The Morgan fingerprint density at radius 2 is 1.34 bits per heavy atom. The molecule has 0 aliphatic rings. The van der Waals surface area contributed by atoms with Crippen molar-refractivity contribution in [2.45, 2.75) is 18.7 Å². The van der Waals surface area contributed by atoms with Gasteiger partial charge in [-0.05, 0) is 24.3 Å². The van der Waals surface area contributed by atoms with Crippen molar-refractivity contribution in [3.8, 4) is 28.9 Å². The molecule has 12 heteroatoms. The predicted octanol–water partition coefficient (Wildman–Crippen LogP) is 6.42. The highest BCUT2D eigenvalue weighted by Crippen LogP contribution is 3.02. The zero-order chi connectivity index (χ0) is 21.8. The maximum absolute atomic E-state index is 12.8. The number of nitrogens with zero attached hydrogens (tertiary/aromatic N) is 4. The summed E-state index contributed by atoms with van der Waals surface area (Å²) in [6, 6.07) is 2.18. The van der Waals surface area contributed by atoms with Gasteiger partial charge in [-0.15, -0.1) is 0 Å². The highest BCUT2D eigenvalue weighted by atomic mass is 32.5. The Kier molecular flexibility index (Phi) is 5.70. The molecular formula is C17H17F5N4O2S. The fourth-order valence-corrected chi connectivity index (χ4v) is 2.67. The van der Waals surface area contributed by atoms with E-state index in [0.717, 1.165) is 12.1 Å². The van der Waals surface area contributed by atoms with Crippen LogP contribution in [0.1, 0.15) is 13.8 Å². The van der Waals surface area contributed by atoms with Gasteiger partial charge in [0.25, 0.3) is 0 Å². The SMILES string of the molecule is CC.COc1ncc(-c2nccnc2Oc2ccc(S(F)(F)(F)(F)F)cc2)cn1. The van der Waals surface area contributed by atoms with Gasteiger partial charge in [-0.3, -0.25) is 0 Å². The Labute approximate surface area is 163 Å². The maximum Gasteiger partial charge on any atom is 0.316 e. The summed E-state index contributed by atoms with van der Waals surface area (Å²) in [4.78, 5) is 13.9. The topological polar surface area (TPSA) is 70.0 Å². The van der Waals surface area contributed by atoms with Crippen molar-refractivity contribution < 1.29 is 28.9 Å². The molecule has 0 spiro atoms. The van der Waals surface area contributed by atoms with Crippen LogP contribution in [-0.2, 0) is 0 Å². The van der Waals surface area contributed by atoms with Crippen molar-refractivity contribution in [1.29, 1.82) is 0 Å². The monoisotopic (exact) mass is 436 g/mol. The smallest absolute Gasteiger partial charge is 0.316 e. The van der Waals surface area contributed by atoms with Crippen molar-refractivity contribution in [3.63, 3.8) is 0 Å². The second kappa shape index (κ2) is 7.43. The van der Waals surface area contributed by atoms with Gasteiger partial charge in [0.15, 0.2) is 0 Å². The van der Waals surface area contributed by atoms with E-state index in [1.807, 2.05) is 13.8 Å². The summed E-state index contributed by atoms with van der Waals surface area (Å²) < 4.78 is 74.1. The van der Waals surface area contributed by atoms with Gasteiger partial charge >= 0.3 is 16.2 Å². The third-order valence-electron chi connectivity index (χ3n) is 3.23. The minimum absolute atomic E-state index is 0.0636. The number of ether oxygens (including phenoxy) is 2. The van der Waals surface area contributed by atoms with E-state index in [2.05, 4.69) is 19.9 Å². The molecule has 0 N–H and O–H groups in total. The van der Waals surface area contributed by atoms with Crippen LogP contribution >= 0.6 is 10.2 Å². The lowest BCUT2D eigenvalue weighted by atomic mass is 10.2. The molecule has 3 aromatic rings. The summed E-state index contributed by atoms with van der Waals surface area (Å²) in [7, 11) is -8.35. The molecule has 2 heterocycles. The molecule has 0 aliphatic heterocycles. The minimum atomic E-state index is -9.74. The number of hydrogen-bond acceptors (Lipinski definition) is 6. The van der Waals surface area contributed by atoms with Gasteiger partial charge in [-0.1, -0.05) is 33.3 Å². The Bertz CT molecular complexity index is 969. The van der Waals surface area contributed by atoms with Crippen molar-refractivity contribution in [2.24, 2.45) is 0 Å². The lowest BCUT2D eigenvalue weighted by Gasteiger charge is -2.40. The molecule has 0 unspecified atom stereocenters. The molecule has 0 saturated carbocycles. The first-order valence-electron chi connectivity index (χ1n) is 8.16. The third-order valence-corrected chi connectivity index (χ3v) is 4.40. The molecule has 0 aliphatic carbocycles. The second-order valence-electron chi connectivity index (χ2n) is 5.21. The molecule has 0 saturated heterocycles. The minimum Gasteiger partial charge on any atom is -0.467 e. The molecular weight excluding hydrogens is 419 g/mol. The fourth-order valence-electron chi connectivity index (χ4n) is 2.02. The highest BCUT2D eigenvalue weighted by molar-refractivity contribution is 8.45. The van der Waals surface area contributed by atoms with Gasteiger partial charge in [-0.2, -0.15) is 0 Å². The van der Waals surface area contributed by atoms with E-state index in [-0.39, 0.29) is 35.5 Å². The first kappa shape index (κ1) is 22.3. The normalized spacial score (nSPS) is 13.4. The van der Waals surface area contributed by atoms with Crippen molar-refractivity contribution in [2.75, 3.05) is 7.11 Å². The van der Waals surface area contributed by atoms with Crippen LogP contribution in [0.25, 0.3) is 11.3 Å². The summed E-state index contributed by atoms with van der Waals surface area (Å²) in [5.41, 5.74) is 0.611. The van der Waals surface area contributed by atoms with Crippen molar-refractivity contribution >= 4 is 10.2 Å². The van der Waals surface area contributed by atoms with E-state index in [0.29, 0.717) is 5.56 Å². The number of rotatable bonds is 5. The van der Waals surface area contributed by atoms with Crippen LogP contribution in [-0.4, -0.2) is 27.0 Å². The van der Waals surface area contributed by atoms with E-state index in [4.69, 9.17) is 9.47 Å². The van der Waals surface area contributed by atoms with Crippen LogP contribution in [0.3, 0.4) is 0 Å². The average molecular weight is 436 g/mol. The van der Waals surface area contributed by atoms with E-state index >= 15 is 0 Å². The zero-order valence-corrected chi connectivity index (χ0v) is 16.3. The van der Waals surface area contributed by atoms with Gasteiger partial charge in [0, 0.05) is 30.4 Å². The number of halogens is 5. The van der Waals surface area contributed by atoms with E-state index in [1.54, 1.807) is 0 Å². The number of benzene rings is 1. The van der Waals surface area contributed by atoms with Gasteiger partial charge in [0.05, 0.1) is 7.11 Å². The van der Waals surface area contributed by atoms with Crippen LogP contribution in [0.15, 0.2) is 53.9 Å². The average Bonchev–Trinajstić information content (AvgIpc) is 2.69. The van der Waals surface area contributed by atoms with Crippen LogP contribution in [0.4, 0.5) is 19.4 Å². The summed E-state index contributed by atoms with van der Waals surface area (Å²) >= 11 is 0. The van der Waals surface area contributed by atoms with Crippen LogP contribution < -0.4 is 9.47 Å². The quantitative estimate of drug-likeness (QED) is 0.430. The van der Waals surface area contributed by atoms with Gasteiger partial charge in [0.1, 0.15) is 16.3 Å². The Balaban J connectivity index is 0.00000145. The molecule has 0 fully saturated rings. The Morgan fingerprint density at radius 3 is 1.86 bits per heavy atom. The first-order chi connectivity index (χ1) is 13.5. The van der Waals surface area contributed by atoms with Crippen molar-refractivity contribution in [3.05, 3.63) is 49.1 Å². The van der Waals surface area contributed by atoms with Gasteiger partial charge in [0.2, 0.25) is 5.88 Å². The summed E-state index contributed by atoms with van der Waals surface area (Å²) in [6.45, 7) is 4.00. The van der Waals surface area contributed by atoms with Crippen LogP contribution in [0, 0.1) is 0 Å². The zero-order valence-electron chi connectivity index (χ0n) is 15.5. The second-order valence-corrected chi connectivity index (χ2v) is 7.62. The molecule has 158 valence electrons. The summed E-state index contributed by atoms with van der Waals surface area (Å²) in [5.74, 6) is -0.192. The maximum atomic E-state index is 12.8. The number of aromatic nitrogens is 4. The van der Waals surface area contributed by atoms with Crippen LogP contribution in [0.2, 0.25) is 0 Å². The van der Waals surface area contributed by atoms with Crippen LogP contribution in [0.5, 0.6) is 17.6 Å². The first-order valence-corrected chi connectivity index (χ1v) is 10.1. The van der Waals surface area contributed by atoms with E-state index < -0.39 is 15.1 Å². The molecule has 1 aromatic carbocycles. The Hall–Kier alpha value is -3.02.